The second-order valence-corrected chi connectivity index (χ2v) is 5.66. The molecule has 2 aliphatic rings. The van der Waals surface area contributed by atoms with Crippen molar-refractivity contribution in [1.29, 1.82) is 0 Å². The van der Waals surface area contributed by atoms with Crippen LogP contribution in [0.2, 0.25) is 0 Å². The molecule has 1 saturated carbocycles. The number of anilines is 1. The molecule has 0 bridgehead atoms. The third-order valence-electron chi connectivity index (χ3n) is 4.31. The molecule has 1 aliphatic heterocycles. The zero-order chi connectivity index (χ0) is 13.2. The SMILES string of the molecule is C[C@H](N)c1cccnc1N1CCOC2CCCCC21. The summed E-state index contributed by atoms with van der Waals surface area (Å²) in [5.41, 5.74) is 7.24. The predicted octanol–water partition coefficient (Wildman–Crippen LogP) is 2.25. The highest BCUT2D eigenvalue weighted by molar-refractivity contribution is 5.50. The van der Waals surface area contributed by atoms with Gasteiger partial charge in [-0.25, -0.2) is 4.98 Å². The van der Waals surface area contributed by atoms with E-state index in [-0.39, 0.29) is 6.04 Å². The molecule has 0 spiro atoms. The van der Waals surface area contributed by atoms with Crippen LogP contribution in [0.4, 0.5) is 5.82 Å². The van der Waals surface area contributed by atoms with Crippen molar-refractivity contribution in [1.82, 2.24) is 4.98 Å². The summed E-state index contributed by atoms with van der Waals surface area (Å²) >= 11 is 0. The predicted molar refractivity (Wildman–Crippen MR) is 76.2 cm³/mol. The summed E-state index contributed by atoms with van der Waals surface area (Å²) in [7, 11) is 0. The van der Waals surface area contributed by atoms with E-state index in [9.17, 15) is 0 Å². The molecule has 4 nitrogen and oxygen atoms in total. The van der Waals surface area contributed by atoms with Crippen LogP contribution in [-0.4, -0.2) is 30.3 Å². The Balaban J connectivity index is 1.91. The Kier molecular flexibility index (Phi) is 3.71. The molecule has 1 saturated heterocycles. The van der Waals surface area contributed by atoms with E-state index in [0.717, 1.165) is 24.5 Å². The summed E-state index contributed by atoms with van der Waals surface area (Å²) in [5.74, 6) is 1.07. The number of hydrogen-bond donors (Lipinski definition) is 1. The van der Waals surface area contributed by atoms with Crippen LogP contribution in [-0.2, 0) is 4.74 Å². The summed E-state index contributed by atoms with van der Waals surface area (Å²) in [6.07, 6.45) is 7.22. The van der Waals surface area contributed by atoms with E-state index in [0.29, 0.717) is 12.1 Å². The molecule has 1 aliphatic carbocycles. The first kappa shape index (κ1) is 12.9. The smallest absolute Gasteiger partial charge is 0.133 e. The van der Waals surface area contributed by atoms with Gasteiger partial charge in [0, 0.05) is 24.3 Å². The number of nitrogens with two attached hydrogens (primary N) is 1. The maximum atomic E-state index is 6.09. The average Bonchev–Trinajstić information content (AvgIpc) is 2.46. The van der Waals surface area contributed by atoms with E-state index < -0.39 is 0 Å². The molecule has 2 unspecified atom stereocenters. The number of pyridine rings is 1. The number of nitrogens with zero attached hydrogens (tertiary/aromatic N) is 2. The van der Waals surface area contributed by atoms with Gasteiger partial charge in [0.15, 0.2) is 0 Å². The minimum Gasteiger partial charge on any atom is -0.374 e. The molecule has 2 N–H and O–H groups in total. The van der Waals surface area contributed by atoms with E-state index in [1.807, 2.05) is 19.2 Å². The van der Waals surface area contributed by atoms with Crippen molar-refractivity contribution in [3.8, 4) is 0 Å². The number of fused-ring (bicyclic) bond motifs is 1. The molecule has 1 aromatic rings. The highest BCUT2D eigenvalue weighted by Crippen LogP contribution is 2.33. The molecule has 0 amide bonds. The second kappa shape index (κ2) is 5.47. The van der Waals surface area contributed by atoms with Gasteiger partial charge in [0.25, 0.3) is 0 Å². The summed E-state index contributed by atoms with van der Waals surface area (Å²) in [6, 6.07) is 4.57. The summed E-state index contributed by atoms with van der Waals surface area (Å²) in [6.45, 7) is 3.76. The molecule has 2 fully saturated rings. The Hall–Kier alpha value is -1.13. The van der Waals surface area contributed by atoms with Gasteiger partial charge in [-0.2, -0.15) is 0 Å². The zero-order valence-corrected chi connectivity index (χ0v) is 11.6. The maximum Gasteiger partial charge on any atom is 0.133 e. The molecule has 1 aromatic heterocycles. The fourth-order valence-electron chi connectivity index (χ4n) is 3.36. The van der Waals surface area contributed by atoms with Gasteiger partial charge in [-0.1, -0.05) is 18.9 Å². The molecule has 3 atom stereocenters. The van der Waals surface area contributed by atoms with Crippen molar-refractivity contribution in [2.45, 2.75) is 50.8 Å². The minimum atomic E-state index is 0.0218. The van der Waals surface area contributed by atoms with Gasteiger partial charge in [0.2, 0.25) is 0 Å². The largest absolute Gasteiger partial charge is 0.374 e. The van der Waals surface area contributed by atoms with E-state index in [1.54, 1.807) is 0 Å². The maximum absolute atomic E-state index is 6.09. The lowest BCUT2D eigenvalue weighted by Gasteiger charge is -2.45. The Labute approximate surface area is 115 Å². The van der Waals surface area contributed by atoms with Gasteiger partial charge in [-0.3, -0.25) is 0 Å². The molecule has 2 heterocycles. The number of aromatic nitrogens is 1. The van der Waals surface area contributed by atoms with Crippen LogP contribution < -0.4 is 10.6 Å². The van der Waals surface area contributed by atoms with Crippen LogP contribution in [0.25, 0.3) is 0 Å². The summed E-state index contributed by atoms with van der Waals surface area (Å²) in [4.78, 5) is 7.04. The molecular formula is C15H23N3O. The Morgan fingerprint density at radius 2 is 2.26 bits per heavy atom. The topological polar surface area (TPSA) is 51.4 Å². The lowest BCUT2D eigenvalue weighted by molar-refractivity contribution is -0.00907. The molecule has 3 rings (SSSR count). The summed E-state index contributed by atoms with van der Waals surface area (Å²) < 4.78 is 5.93. The molecule has 0 radical (unpaired) electrons. The van der Waals surface area contributed by atoms with E-state index >= 15 is 0 Å². The first-order valence-electron chi connectivity index (χ1n) is 7.36. The number of hydrogen-bond acceptors (Lipinski definition) is 4. The normalized spacial score (nSPS) is 28.8. The van der Waals surface area contributed by atoms with Crippen LogP contribution in [0.1, 0.15) is 44.2 Å². The van der Waals surface area contributed by atoms with Crippen molar-refractivity contribution in [2.24, 2.45) is 5.73 Å². The van der Waals surface area contributed by atoms with Gasteiger partial charge >= 0.3 is 0 Å². The van der Waals surface area contributed by atoms with Gasteiger partial charge in [0.05, 0.1) is 18.8 Å². The minimum absolute atomic E-state index is 0.0218. The van der Waals surface area contributed by atoms with Crippen molar-refractivity contribution >= 4 is 5.82 Å². The second-order valence-electron chi connectivity index (χ2n) is 5.66. The van der Waals surface area contributed by atoms with E-state index in [1.165, 1.54) is 25.7 Å². The van der Waals surface area contributed by atoms with Gasteiger partial charge in [0.1, 0.15) is 5.82 Å². The number of ether oxygens (including phenoxy) is 1. The van der Waals surface area contributed by atoms with Crippen molar-refractivity contribution in [2.75, 3.05) is 18.1 Å². The van der Waals surface area contributed by atoms with Crippen molar-refractivity contribution in [3.05, 3.63) is 23.9 Å². The average molecular weight is 261 g/mol. The van der Waals surface area contributed by atoms with Crippen molar-refractivity contribution < 1.29 is 4.74 Å². The van der Waals surface area contributed by atoms with Gasteiger partial charge in [-0.15, -0.1) is 0 Å². The standard InChI is InChI=1S/C15H23N3O/c1-11(16)12-5-4-8-17-15(12)18-9-10-19-14-7-3-2-6-13(14)18/h4-5,8,11,13-14H,2-3,6-7,9-10,16H2,1H3/t11-,13?,14?/m0/s1. The van der Waals surface area contributed by atoms with Crippen LogP contribution in [0.5, 0.6) is 0 Å². The Morgan fingerprint density at radius 1 is 1.42 bits per heavy atom. The molecule has 0 aromatic carbocycles. The first-order valence-corrected chi connectivity index (χ1v) is 7.36. The summed E-state index contributed by atoms with van der Waals surface area (Å²) in [5, 5.41) is 0. The van der Waals surface area contributed by atoms with E-state index in [2.05, 4.69) is 16.0 Å². The zero-order valence-electron chi connectivity index (χ0n) is 11.6. The van der Waals surface area contributed by atoms with Crippen LogP contribution >= 0.6 is 0 Å². The van der Waals surface area contributed by atoms with Gasteiger partial charge in [-0.05, 0) is 25.8 Å². The van der Waals surface area contributed by atoms with Crippen LogP contribution in [0.3, 0.4) is 0 Å². The number of morpholine rings is 1. The lowest BCUT2D eigenvalue weighted by atomic mass is 9.89. The molecular weight excluding hydrogens is 238 g/mol. The first-order chi connectivity index (χ1) is 9.27. The Bertz CT molecular complexity index is 433. The third-order valence-corrected chi connectivity index (χ3v) is 4.31. The monoisotopic (exact) mass is 261 g/mol. The highest BCUT2D eigenvalue weighted by atomic mass is 16.5. The van der Waals surface area contributed by atoms with Crippen molar-refractivity contribution in [3.63, 3.8) is 0 Å². The molecule has 4 heteroatoms. The Morgan fingerprint density at radius 3 is 3.11 bits per heavy atom. The van der Waals surface area contributed by atoms with E-state index in [4.69, 9.17) is 10.5 Å². The highest BCUT2D eigenvalue weighted by Gasteiger charge is 2.35. The lowest BCUT2D eigenvalue weighted by Crippen LogP contribution is -2.53. The molecule has 19 heavy (non-hydrogen) atoms. The quantitative estimate of drug-likeness (QED) is 0.887. The molecule has 104 valence electrons. The van der Waals surface area contributed by atoms with Crippen LogP contribution in [0, 0.1) is 0 Å². The third kappa shape index (κ3) is 2.47. The number of rotatable bonds is 2. The fraction of sp³-hybridized carbons (Fsp3) is 0.667. The van der Waals surface area contributed by atoms with Gasteiger partial charge < -0.3 is 15.4 Å². The fourth-order valence-corrected chi connectivity index (χ4v) is 3.36. The van der Waals surface area contributed by atoms with Crippen LogP contribution in [0.15, 0.2) is 18.3 Å².